The van der Waals surface area contributed by atoms with Crippen LogP contribution in [-0.4, -0.2) is 35.1 Å². The van der Waals surface area contributed by atoms with Gasteiger partial charge in [0.15, 0.2) is 0 Å². The van der Waals surface area contributed by atoms with Crippen LogP contribution in [0.5, 0.6) is 0 Å². The van der Waals surface area contributed by atoms with E-state index in [1.165, 1.54) is 30.8 Å². The van der Waals surface area contributed by atoms with Crippen LogP contribution in [0.4, 0.5) is 0 Å². The molecule has 3 unspecified atom stereocenters. The van der Waals surface area contributed by atoms with E-state index in [1.807, 2.05) is 6.20 Å². The Hall–Kier alpha value is -0.450. The van der Waals surface area contributed by atoms with Gasteiger partial charge in [-0.05, 0) is 12.3 Å². The van der Waals surface area contributed by atoms with Gasteiger partial charge in [-0.2, -0.15) is 0 Å². The summed E-state index contributed by atoms with van der Waals surface area (Å²) in [6, 6.07) is 1.31. The van der Waals surface area contributed by atoms with Crippen molar-refractivity contribution >= 4 is 11.3 Å². The van der Waals surface area contributed by atoms with Gasteiger partial charge in [-0.15, -0.1) is 11.3 Å². The maximum Gasteiger partial charge on any atom is 0.107 e. The van der Waals surface area contributed by atoms with E-state index in [0.29, 0.717) is 12.1 Å². The molecule has 1 N–H and O–H groups in total. The maximum absolute atomic E-state index is 4.46. The van der Waals surface area contributed by atoms with Crippen LogP contribution in [-0.2, 0) is 6.54 Å². The molecule has 1 aromatic heterocycles. The molecule has 1 aromatic rings. The first-order chi connectivity index (χ1) is 9.24. The van der Waals surface area contributed by atoms with Crippen molar-refractivity contribution < 1.29 is 0 Å². The van der Waals surface area contributed by atoms with Gasteiger partial charge in [0.1, 0.15) is 5.01 Å². The number of aromatic nitrogens is 1. The maximum atomic E-state index is 4.46. The zero-order chi connectivity index (χ0) is 13.7. The minimum absolute atomic E-state index is 0.655. The molecule has 3 nitrogen and oxygen atoms in total. The summed E-state index contributed by atoms with van der Waals surface area (Å²) in [5, 5.41) is 7.07. The second-order valence-electron chi connectivity index (χ2n) is 5.70. The fraction of sp³-hybridized carbons (Fsp3) is 0.800. The van der Waals surface area contributed by atoms with Crippen LogP contribution in [0.1, 0.15) is 45.0 Å². The average Bonchev–Trinajstić information content (AvgIpc) is 2.91. The Morgan fingerprint density at radius 2 is 2.37 bits per heavy atom. The summed E-state index contributed by atoms with van der Waals surface area (Å²) >= 11 is 1.78. The van der Waals surface area contributed by atoms with Crippen molar-refractivity contribution in [2.24, 2.45) is 5.92 Å². The molecule has 0 amide bonds. The molecule has 4 heteroatoms. The Morgan fingerprint density at radius 3 is 3.00 bits per heavy atom. The topological polar surface area (TPSA) is 28.2 Å². The number of piperazine rings is 1. The Kier molecular flexibility index (Phi) is 5.79. The van der Waals surface area contributed by atoms with E-state index in [4.69, 9.17) is 0 Å². The van der Waals surface area contributed by atoms with Crippen LogP contribution in [0.15, 0.2) is 11.6 Å². The third-order valence-electron chi connectivity index (χ3n) is 4.30. The second kappa shape index (κ2) is 7.36. The molecule has 0 saturated carbocycles. The molecule has 1 fully saturated rings. The summed E-state index contributed by atoms with van der Waals surface area (Å²) in [7, 11) is 0. The van der Waals surface area contributed by atoms with Gasteiger partial charge in [-0.25, -0.2) is 4.98 Å². The van der Waals surface area contributed by atoms with E-state index < -0.39 is 0 Å². The normalized spacial score (nSPS) is 26.5. The van der Waals surface area contributed by atoms with Crippen molar-refractivity contribution in [3.63, 3.8) is 0 Å². The zero-order valence-electron chi connectivity index (χ0n) is 12.4. The van der Waals surface area contributed by atoms with Crippen LogP contribution in [0.3, 0.4) is 0 Å². The molecule has 108 valence electrons. The first-order valence-corrected chi connectivity index (χ1v) is 8.48. The summed E-state index contributed by atoms with van der Waals surface area (Å²) in [4.78, 5) is 7.11. The molecular formula is C15H27N3S. The Morgan fingerprint density at radius 1 is 1.53 bits per heavy atom. The molecule has 3 atom stereocenters. The van der Waals surface area contributed by atoms with Crippen LogP contribution >= 0.6 is 11.3 Å². The van der Waals surface area contributed by atoms with E-state index in [-0.39, 0.29) is 0 Å². The molecule has 0 bridgehead atoms. The van der Waals surface area contributed by atoms with Crippen molar-refractivity contribution in [1.29, 1.82) is 0 Å². The zero-order valence-corrected chi connectivity index (χ0v) is 13.2. The molecule has 0 spiro atoms. The van der Waals surface area contributed by atoms with Crippen LogP contribution in [0.2, 0.25) is 0 Å². The van der Waals surface area contributed by atoms with Gasteiger partial charge in [0.2, 0.25) is 0 Å². The minimum Gasteiger partial charge on any atom is -0.311 e. The summed E-state index contributed by atoms with van der Waals surface area (Å²) in [6.45, 7) is 10.3. The third kappa shape index (κ3) is 4.01. The van der Waals surface area contributed by atoms with Crippen LogP contribution in [0.25, 0.3) is 0 Å². The number of hydrogen-bond acceptors (Lipinski definition) is 4. The fourth-order valence-corrected chi connectivity index (χ4v) is 3.60. The highest BCUT2D eigenvalue weighted by Gasteiger charge is 2.30. The SMILES string of the molecule is CCCC1CN(Cc2nccs2)C(C(C)CC)CN1. The van der Waals surface area contributed by atoms with Gasteiger partial charge in [0.25, 0.3) is 0 Å². The Bertz CT molecular complexity index is 352. The number of rotatable bonds is 6. The minimum atomic E-state index is 0.655. The first kappa shape index (κ1) is 14.9. The monoisotopic (exact) mass is 281 g/mol. The average molecular weight is 281 g/mol. The predicted octanol–water partition coefficient (Wildman–Crippen LogP) is 3.13. The highest BCUT2D eigenvalue weighted by atomic mass is 32.1. The van der Waals surface area contributed by atoms with Crippen molar-refractivity contribution in [2.75, 3.05) is 13.1 Å². The van der Waals surface area contributed by atoms with Crippen molar-refractivity contribution in [1.82, 2.24) is 15.2 Å². The van der Waals surface area contributed by atoms with E-state index in [9.17, 15) is 0 Å². The van der Waals surface area contributed by atoms with Gasteiger partial charge in [-0.1, -0.05) is 33.6 Å². The number of nitrogens with one attached hydrogen (secondary N) is 1. The highest BCUT2D eigenvalue weighted by molar-refractivity contribution is 7.09. The summed E-state index contributed by atoms with van der Waals surface area (Å²) < 4.78 is 0. The molecule has 2 rings (SSSR count). The molecule has 1 saturated heterocycles. The first-order valence-electron chi connectivity index (χ1n) is 7.60. The molecule has 19 heavy (non-hydrogen) atoms. The molecule has 1 aliphatic rings. The lowest BCUT2D eigenvalue weighted by atomic mass is 9.93. The largest absolute Gasteiger partial charge is 0.311 e. The smallest absolute Gasteiger partial charge is 0.107 e. The Labute approximate surface area is 121 Å². The molecule has 0 radical (unpaired) electrons. The third-order valence-corrected chi connectivity index (χ3v) is 5.06. The number of thiazole rings is 1. The molecular weight excluding hydrogens is 254 g/mol. The summed E-state index contributed by atoms with van der Waals surface area (Å²) in [5.74, 6) is 0.745. The second-order valence-corrected chi connectivity index (χ2v) is 6.68. The van der Waals surface area contributed by atoms with E-state index in [0.717, 1.165) is 19.0 Å². The predicted molar refractivity (Wildman–Crippen MR) is 82.5 cm³/mol. The van der Waals surface area contributed by atoms with Crippen LogP contribution < -0.4 is 5.32 Å². The van der Waals surface area contributed by atoms with Gasteiger partial charge in [0.05, 0.1) is 6.54 Å². The van der Waals surface area contributed by atoms with Crippen molar-refractivity contribution in [3.05, 3.63) is 16.6 Å². The van der Waals surface area contributed by atoms with E-state index in [1.54, 1.807) is 11.3 Å². The Balaban J connectivity index is 2.02. The summed E-state index contributed by atoms with van der Waals surface area (Å²) in [5.41, 5.74) is 0. The van der Waals surface area contributed by atoms with E-state index >= 15 is 0 Å². The molecule has 2 heterocycles. The van der Waals surface area contributed by atoms with Crippen molar-refractivity contribution in [3.8, 4) is 0 Å². The van der Waals surface area contributed by atoms with E-state index in [2.05, 4.69) is 41.4 Å². The lowest BCUT2D eigenvalue weighted by molar-refractivity contribution is 0.0817. The van der Waals surface area contributed by atoms with Gasteiger partial charge in [-0.3, -0.25) is 4.90 Å². The summed E-state index contributed by atoms with van der Waals surface area (Å²) in [6.07, 6.45) is 5.71. The fourth-order valence-electron chi connectivity index (χ4n) is 2.96. The van der Waals surface area contributed by atoms with Gasteiger partial charge >= 0.3 is 0 Å². The molecule has 0 aliphatic carbocycles. The van der Waals surface area contributed by atoms with Gasteiger partial charge in [0, 0.05) is 36.8 Å². The van der Waals surface area contributed by atoms with Crippen molar-refractivity contribution in [2.45, 2.75) is 58.7 Å². The van der Waals surface area contributed by atoms with Gasteiger partial charge < -0.3 is 5.32 Å². The molecule has 0 aromatic carbocycles. The quantitative estimate of drug-likeness (QED) is 0.868. The standard InChI is InChI=1S/C15H27N3S/c1-4-6-13-10-18(11-15-16-7-8-19-15)14(9-17-13)12(3)5-2/h7-8,12-14,17H,4-6,9-11H2,1-3H3. The highest BCUT2D eigenvalue weighted by Crippen LogP contribution is 2.22. The number of nitrogens with zero attached hydrogens (tertiary/aromatic N) is 2. The van der Waals surface area contributed by atoms with Crippen LogP contribution in [0, 0.1) is 5.92 Å². The lowest BCUT2D eigenvalue weighted by Crippen LogP contribution is -2.58. The number of hydrogen-bond donors (Lipinski definition) is 1. The molecule has 1 aliphatic heterocycles. The lowest BCUT2D eigenvalue weighted by Gasteiger charge is -2.42.